The molecule has 0 radical (unpaired) electrons. The van der Waals surface area contributed by atoms with Gasteiger partial charge in [0.05, 0.1) is 18.2 Å². The fourth-order valence-corrected chi connectivity index (χ4v) is 2.58. The molecule has 1 aromatic heterocycles. The predicted molar refractivity (Wildman–Crippen MR) is 76.7 cm³/mol. The first-order chi connectivity index (χ1) is 9.78. The van der Waals surface area contributed by atoms with Gasteiger partial charge in [0.1, 0.15) is 0 Å². The van der Waals surface area contributed by atoms with Crippen molar-refractivity contribution in [1.29, 1.82) is 5.26 Å². The number of piperazine rings is 1. The molecule has 1 saturated heterocycles. The van der Waals surface area contributed by atoms with E-state index in [2.05, 4.69) is 21.3 Å². The Balaban J connectivity index is 1.82. The molecule has 1 fully saturated rings. The molecule has 102 valence electrons. The molecule has 1 aliphatic rings. The van der Waals surface area contributed by atoms with Crippen LogP contribution in [0.1, 0.15) is 15.9 Å². The maximum Gasteiger partial charge on any atom is 0.178 e. The minimum Gasteiger partial charge on any atom is -0.360 e. The smallest absolute Gasteiger partial charge is 0.178 e. The summed E-state index contributed by atoms with van der Waals surface area (Å²) in [6, 6.07) is 7.47. The van der Waals surface area contributed by atoms with E-state index in [1.807, 2.05) is 6.07 Å². The first kappa shape index (κ1) is 12.9. The number of fused-ring (bicyclic) bond motifs is 1. The van der Waals surface area contributed by atoms with E-state index in [-0.39, 0.29) is 5.78 Å². The number of benzene rings is 1. The fourth-order valence-electron chi connectivity index (χ4n) is 2.58. The number of H-pyrrole nitrogens is 1. The van der Waals surface area contributed by atoms with E-state index in [0.29, 0.717) is 17.7 Å². The van der Waals surface area contributed by atoms with Crippen molar-refractivity contribution in [3.8, 4) is 6.07 Å². The molecule has 0 unspecified atom stereocenters. The van der Waals surface area contributed by atoms with E-state index in [4.69, 9.17) is 5.26 Å². The van der Waals surface area contributed by atoms with Crippen molar-refractivity contribution >= 4 is 16.7 Å². The Hall–Kier alpha value is -2.16. The summed E-state index contributed by atoms with van der Waals surface area (Å²) in [7, 11) is 0. The van der Waals surface area contributed by atoms with E-state index in [1.165, 1.54) is 0 Å². The van der Waals surface area contributed by atoms with Gasteiger partial charge in [-0.1, -0.05) is 6.07 Å². The van der Waals surface area contributed by atoms with Gasteiger partial charge in [-0.05, 0) is 12.1 Å². The quantitative estimate of drug-likeness (QED) is 0.818. The van der Waals surface area contributed by atoms with Gasteiger partial charge in [-0.25, -0.2) is 0 Å². The maximum atomic E-state index is 12.4. The molecule has 2 heterocycles. The van der Waals surface area contributed by atoms with Gasteiger partial charge in [-0.3, -0.25) is 9.69 Å². The number of nitrogens with one attached hydrogen (secondary N) is 2. The molecule has 0 bridgehead atoms. The Morgan fingerprint density at radius 1 is 1.35 bits per heavy atom. The molecule has 5 nitrogen and oxygen atoms in total. The lowest BCUT2D eigenvalue weighted by Crippen LogP contribution is -2.45. The number of aromatic nitrogens is 1. The molecule has 5 heteroatoms. The molecule has 2 N–H and O–H groups in total. The molecular formula is C15H16N4O. The standard InChI is InChI=1S/C15H16N4O/c16-8-11-1-2-12-13(9-18-14(12)7-11)15(20)10-19-5-3-17-4-6-19/h1-2,7,9,17-18H,3-6,10H2. The molecule has 0 amide bonds. The molecule has 0 saturated carbocycles. The molecule has 0 atom stereocenters. The number of carbonyl (C=O) groups is 1. The third-order valence-corrected chi connectivity index (χ3v) is 3.69. The van der Waals surface area contributed by atoms with E-state index in [0.717, 1.165) is 37.1 Å². The average Bonchev–Trinajstić information content (AvgIpc) is 2.91. The van der Waals surface area contributed by atoms with Gasteiger partial charge in [-0.2, -0.15) is 5.26 Å². The summed E-state index contributed by atoms with van der Waals surface area (Å²) in [5.74, 6) is 0.128. The molecule has 20 heavy (non-hydrogen) atoms. The highest BCUT2D eigenvalue weighted by Crippen LogP contribution is 2.20. The Morgan fingerprint density at radius 2 is 2.15 bits per heavy atom. The van der Waals surface area contributed by atoms with E-state index in [9.17, 15) is 4.79 Å². The van der Waals surface area contributed by atoms with Crippen LogP contribution in [0.2, 0.25) is 0 Å². The average molecular weight is 268 g/mol. The normalized spacial score (nSPS) is 16.1. The number of Topliss-reactive ketones (excluding diaryl/α,β-unsaturated/α-hetero) is 1. The summed E-state index contributed by atoms with van der Waals surface area (Å²) in [6.45, 7) is 4.15. The number of rotatable bonds is 3. The molecule has 2 aromatic rings. The van der Waals surface area contributed by atoms with Crippen LogP contribution >= 0.6 is 0 Å². The van der Waals surface area contributed by atoms with Gasteiger partial charge in [0.2, 0.25) is 0 Å². The molecule has 1 aromatic carbocycles. The maximum absolute atomic E-state index is 12.4. The zero-order valence-electron chi connectivity index (χ0n) is 11.1. The van der Waals surface area contributed by atoms with Gasteiger partial charge in [0.25, 0.3) is 0 Å². The van der Waals surface area contributed by atoms with Crippen LogP contribution in [0.4, 0.5) is 0 Å². The third-order valence-electron chi connectivity index (χ3n) is 3.69. The van der Waals surface area contributed by atoms with Crippen LogP contribution in [0.5, 0.6) is 0 Å². The number of nitrogens with zero attached hydrogens (tertiary/aromatic N) is 2. The minimum atomic E-state index is 0.128. The molecule has 3 rings (SSSR count). The fraction of sp³-hybridized carbons (Fsp3) is 0.333. The lowest BCUT2D eigenvalue weighted by Gasteiger charge is -2.26. The van der Waals surface area contributed by atoms with E-state index in [1.54, 1.807) is 18.3 Å². The highest BCUT2D eigenvalue weighted by molar-refractivity contribution is 6.08. The molecule has 0 spiro atoms. The van der Waals surface area contributed by atoms with Crippen LogP contribution in [0.15, 0.2) is 24.4 Å². The SMILES string of the molecule is N#Cc1ccc2c(C(=O)CN3CCNCC3)c[nH]c2c1. The Bertz CT molecular complexity index is 677. The topological polar surface area (TPSA) is 71.9 Å². The summed E-state index contributed by atoms with van der Waals surface area (Å²) in [5.41, 5.74) is 2.15. The Labute approximate surface area is 117 Å². The van der Waals surface area contributed by atoms with Gasteiger partial charge in [0, 0.05) is 48.8 Å². The van der Waals surface area contributed by atoms with E-state index >= 15 is 0 Å². The van der Waals surface area contributed by atoms with Crippen molar-refractivity contribution in [2.45, 2.75) is 0 Å². The third kappa shape index (κ3) is 2.44. The number of nitriles is 1. The molecule has 1 aliphatic heterocycles. The number of aromatic amines is 1. The van der Waals surface area contributed by atoms with Gasteiger partial charge in [-0.15, -0.1) is 0 Å². The Morgan fingerprint density at radius 3 is 2.90 bits per heavy atom. The lowest BCUT2D eigenvalue weighted by molar-refractivity contribution is 0.0923. The first-order valence-electron chi connectivity index (χ1n) is 6.75. The highest BCUT2D eigenvalue weighted by atomic mass is 16.1. The summed E-state index contributed by atoms with van der Waals surface area (Å²) in [5, 5.41) is 13.1. The molecule has 0 aliphatic carbocycles. The monoisotopic (exact) mass is 268 g/mol. The predicted octanol–water partition coefficient (Wildman–Crippen LogP) is 1.13. The lowest BCUT2D eigenvalue weighted by atomic mass is 10.1. The van der Waals surface area contributed by atoms with Gasteiger partial charge < -0.3 is 10.3 Å². The summed E-state index contributed by atoms with van der Waals surface area (Å²) in [6.07, 6.45) is 1.75. The summed E-state index contributed by atoms with van der Waals surface area (Å²) in [4.78, 5) is 17.6. The first-order valence-corrected chi connectivity index (χ1v) is 6.75. The Kier molecular flexibility index (Phi) is 3.50. The van der Waals surface area contributed by atoms with Crippen molar-refractivity contribution in [2.75, 3.05) is 32.7 Å². The summed E-state index contributed by atoms with van der Waals surface area (Å²) < 4.78 is 0. The van der Waals surface area contributed by atoms with Crippen LogP contribution < -0.4 is 5.32 Å². The van der Waals surface area contributed by atoms with Crippen molar-refractivity contribution < 1.29 is 4.79 Å². The second kappa shape index (κ2) is 5.45. The van der Waals surface area contributed by atoms with Crippen LogP contribution in [0, 0.1) is 11.3 Å². The van der Waals surface area contributed by atoms with Crippen LogP contribution in [0.3, 0.4) is 0 Å². The summed E-state index contributed by atoms with van der Waals surface area (Å²) >= 11 is 0. The van der Waals surface area contributed by atoms with Gasteiger partial charge >= 0.3 is 0 Å². The van der Waals surface area contributed by atoms with Crippen molar-refractivity contribution in [3.63, 3.8) is 0 Å². The highest BCUT2D eigenvalue weighted by Gasteiger charge is 2.17. The molecular weight excluding hydrogens is 252 g/mol. The van der Waals surface area contributed by atoms with Crippen molar-refractivity contribution in [2.24, 2.45) is 0 Å². The zero-order chi connectivity index (χ0) is 13.9. The number of ketones is 1. The van der Waals surface area contributed by atoms with Crippen LogP contribution in [-0.2, 0) is 0 Å². The minimum absolute atomic E-state index is 0.128. The zero-order valence-corrected chi connectivity index (χ0v) is 11.1. The second-order valence-corrected chi connectivity index (χ2v) is 5.02. The number of carbonyl (C=O) groups excluding carboxylic acids is 1. The van der Waals surface area contributed by atoms with Crippen molar-refractivity contribution in [1.82, 2.24) is 15.2 Å². The number of hydrogen-bond acceptors (Lipinski definition) is 4. The van der Waals surface area contributed by atoms with E-state index < -0.39 is 0 Å². The number of hydrogen-bond donors (Lipinski definition) is 2. The van der Waals surface area contributed by atoms with Crippen LogP contribution in [0.25, 0.3) is 10.9 Å². The van der Waals surface area contributed by atoms with Crippen molar-refractivity contribution in [3.05, 3.63) is 35.5 Å². The van der Waals surface area contributed by atoms with Gasteiger partial charge in [0.15, 0.2) is 5.78 Å². The second-order valence-electron chi connectivity index (χ2n) is 5.02. The largest absolute Gasteiger partial charge is 0.360 e. The van der Waals surface area contributed by atoms with Crippen LogP contribution in [-0.4, -0.2) is 48.4 Å².